The van der Waals surface area contributed by atoms with Gasteiger partial charge in [-0.25, -0.2) is 18.5 Å². The maximum Gasteiger partial charge on any atom is 0.238 e. The molecule has 1 aromatic heterocycles. The van der Waals surface area contributed by atoms with Crippen LogP contribution in [0.4, 0.5) is 5.82 Å². The first-order valence-electron chi connectivity index (χ1n) is 9.46. The highest BCUT2D eigenvalue weighted by molar-refractivity contribution is 7.89. The van der Waals surface area contributed by atoms with Crippen LogP contribution in [-0.4, -0.2) is 51.0 Å². The average molecular weight is 413 g/mol. The average Bonchev–Trinajstić information content (AvgIpc) is 2.72. The van der Waals surface area contributed by atoms with Crippen LogP contribution in [0.25, 0.3) is 22.0 Å². The third-order valence-corrected chi connectivity index (χ3v) is 6.25. The molecule has 1 aliphatic rings. The number of fused-ring (bicyclic) bond motifs is 1. The summed E-state index contributed by atoms with van der Waals surface area (Å²) in [5.41, 5.74) is 1.69. The molecule has 2 aromatic carbocycles. The molecule has 29 heavy (non-hydrogen) atoms. The van der Waals surface area contributed by atoms with Crippen LogP contribution in [0.15, 0.2) is 59.5 Å². The number of piperazine rings is 1. The highest BCUT2D eigenvalue weighted by Crippen LogP contribution is 2.31. The van der Waals surface area contributed by atoms with Gasteiger partial charge in [0.1, 0.15) is 5.82 Å². The van der Waals surface area contributed by atoms with Gasteiger partial charge in [-0.3, -0.25) is 0 Å². The molecular formula is C22H28N4O2S. The molecule has 0 saturated carbocycles. The Hall–Kier alpha value is -2.48. The molecule has 0 aliphatic carbocycles. The fourth-order valence-electron chi connectivity index (χ4n) is 3.66. The predicted molar refractivity (Wildman–Crippen MR) is 120 cm³/mol. The Kier molecular flexibility index (Phi) is 6.21. The van der Waals surface area contributed by atoms with E-state index in [2.05, 4.69) is 28.9 Å². The number of nitrogens with zero attached hydrogens (tertiary/aromatic N) is 3. The van der Waals surface area contributed by atoms with Gasteiger partial charge >= 0.3 is 0 Å². The van der Waals surface area contributed by atoms with Crippen molar-refractivity contribution in [2.24, 2.45) is 5.14 Å². The molecule has 1 aliphatic heterocycles. The van der Waals surface area contributed by atoms with E-state index in [0.29, 0.717) is 0 Å². The summed E-state index contributed by atoms with van der Waals surface area (Å²) >= 11 is 0. The van der Waals surface area contributed by atoms with E-state index in [9.17, 15) is 8.42 Å². The molecule has 2 N–H and O–H groups in total. The molecule has 7 heteroatoms. The predicted octanol–water partition coefficient (Wildman–Crippen LogP) is 3.33. The lowest BCUT2D eigenvalue weighted by molar-refractivity contribution is 0.271. The number of hydrogen-bond donors (Lipinski definition) is 1. The van der Waals surface area contributed by atoms with Crippen LogP contribution >= 0.6 is 0 Å². The van der Waals surface area contributed by atoms with Gasteiger partial charge in [0.05, 0.1) is 10.6 Å². The minimum absolute atomic E-state index is 0. The Morgan fingerprint density at radius 1 is 1.00 bits per heavy atom. The van der Waals surface area contributed by atoms with Gasteiger partial charge < -0.3 is 9.80 Å². The Labute approximate surface area is 173 Å². The lowest BCUT2D eigenvalue weighted by Crippen LogP contribution is -2.46. The molecule has 6 nitrogen and oxygen atoms in total. The summed E-state index contributed by atoms with van der Waals surface area (Å²) in [6, 6.07) is 16.9. The topological polar surface area (TPSA) is 79.5 Å². The molecule has 2 heterocycles. The number of rotatable bonds is 4. The van der Waals surface area contributed by atoms with E-state index in [1.807, 2.05) is 18.2 Å². The number of likely N-dealkylation sites (N-methyl/N-ethyl adjacent to an activating group) is 1. The molecule has 0 atom stereocenters. The second kappa shape index (κ2) is 8.49. The van der Waals surface area contributed by atoms with Gasteiger partial charge in [0.15, 0.2) is 0 Å². The van der Waals surface area contributed by atoms with Crippen molar-refractivity contribution in [3.05, 3.63) is 54.6 Å². The van der Waals surface area contributed by atoms with Gasteiger partial charge in [-0.1, -0.05) is 50.7 Å². The second-order valence-electron chi connectivity index (χ2n) is 7.04. The van der Waals surface area contributed by atoms with Crippen molar-refractivity contribution < 1.29 is 8.42 Å². The summed E-state index contributed by atoms with van der Waals surface area (Å²) in [6.45, 7) is 7.20. The molecule has 0 unspecified atom stereocenters. The maximum atomic E-state index is 11.5. The molecule has 154 valence electrons. The SMILES string of the molecule is C.CCN1CCN(c2nc(-c3ccc(S(N)(=O)=O)cc3)cc3ccccc23)CC1. The number of sulfonamides is 1. The molecule has 0 bridgehead atoms. The summed E-state index contributed by atoms with van der Waals surface area (Å²) in [5, 5.41) is 7.47. The van der Waals surface area contributed by atoms with Gasteiger partial charge in [-0.15, -0.1) is 0 Å². The van der Waals surface area contributed by atoms with Crippen molar-refractivity contribution >= 4 is 26.6 Å². The fourth-order valence-corrected chi connectivity index (χ4v) is 4.18. The molecular weight excluding hydrogens is 384 g/mol. The van der Waals surface area contributed by atoms with Crippen LogP contribution in [-0.2, 0) is 10.0 Å². The van der Waals surface area contributed by atoms with Gasteiger partial charge in [0, 0.05) is 37.1 Å². The number of benzene rings is 2. The van der Waals surface area contributed by atoms with Crippen molar-refractivity contribution in [3.63, 3.8) is 0 Å². The van der Waals surface area contributed by atoms with Gasteiger partial charge in [0.25, 0.3) is 0 Å². The molecule has 0 spiro atoms. The number of nitrogens with two attached hydrogens (primary N) is 1. The van der Waals surface area contributed by atoms with E-state index in [-0.39, 0.29) is 12.3 Å². The number of pyridine rings is 1. The van der Waals surface area contributed by atoms with Crippen molar-refractivity contribution in [3.8, 4) is 11.3 Å². The Morgan fingerprint density at radius 3 is 2.28 bits per heavy atom. The summed E-state index contributed by atoms with van der Waals surface area (Å²) in [7, 11) is -3.70. The van der Waals surface area contributed by atoms with Crippen molar-refractivity contribution in [1.82, 2.24) is 9.88 Å². The van der Waals surface area contributed by atoms with Crippen LogP contribution in [0.5, 0.6) is 0 Å². The van der Waals surface area contributed by atoms with Crippen LogP contribution in [0.2, 0.25) is 0 Å². The largest absolute Gasteiger partial charge is 0.354 e. The van der Waals surface area contributed by atoms with Crippen molar-refractivity contribution in [1.29, 1.82) is 0 Å². The number of hydrogen-bond acceptors (Lipinski definition) is 5. The van der Waals surface area contributed by atoms with Gasteiger partial charge in [-0.05, 0) is 30.1 Å². The zero-order valence-electron chi connectivity index (χ0n) is 15.9. The molecule has 1 saturated heterocycles. The maximum absolute atomic E-state index is 11.5. The smallest absolute Gasteiger partial charge is 0.238 e. The van der Waals surface area contributed by atoms with E-state index in [4.69, 9.17) is 10.1 Å². The summed E-state index contributed by atoms with van der Waals surface area (Å²) < 4.78 is 23.0. The summed E-state index contributed by atoms with van der Waals surface area (Å²) in [4.78, 5) is 9.85. The minimum Gasteiger partial charge on any atom is -0.354 e. The monoisotopic (exact) mass is 412 g/mol. The number of anilines is 1. The van der Waals surface area contributed by atoms with E-state index in [1.54, 1.807) is 12.1 Å². The van der Waals surface area contributed by atoms with Crippen molar-refractivity contribution in [2.45, 2.75) is 19.2 Å². The third-order valence-electron chi connectivity index (χ3n) is 5.32. The van der Waals surface area contributed by atoms with E-state index < -0.39 is 10.0 Å². The lowest BCUT2D eigenvalue weighted by atomic mass is 10.1. The van der Waals surface area contributed by atoms with E-state index >= 15 is 0 Å². The number of aromatic nitrogens is 1. The highest BCUT2D eigenvalue weighted by atomic mass is 32.2. The molecule has 1 fully saturated rings. The Morgan fingerprint density at radius 2 is 1.66 bits per heavy atom. The lowest BCUT2D eigenvalue weighted by Gasteiger charge is -2.35. The van der Waals surface area contributed by atoms with Crippen LogP contribution in [0.1, 0.15) is 14.4 Å². The minimum atomic E-state index is -3.70. The van der Waals surface area contributed by atoms with Crippen LogP contribution < -0.4 is 10.0 Å². The van der Waals surface area contributed by atoms with Crippen molar-refractivity contribution in [2.75, 3.05) is 37.6 Å². The van der Waals surface area contributed by atoms with Crippen LogP contribution in [0, 0.1) is 0 Å². The van der Waals surface area contributed by atoms with Gasteiger partial charge in [-0.2, -0.15) is 0 Å². The molecule has 3 aromatic rings. The van der Waals surface area contributed by atoms with E-state index in [1.165, 1.54) is 12.1 Å². The first-order valence-corrected chi connectivity index (χ1v) is 11.0. The van der Waals surface area contributed by atoms with E-state index in [0.717, 1.165) is 60.6 Å². The van der Waals surface area contributed by atoms with Gasteiger partial charge in [0.2, 0.25) is 10.0 Å². The summed E-state index contributed by atoms with van der Waals surface area (Å²) in [5.74, 6) is 0.986. The fraction of sp³-hybridized carbons (Fsp3) is 0.318. The molecule has 0 amide bonds. The zero-order chi connectivity index (χ0) is 19.7. The quantitative estimate of drug-likeness (QED) is 0.711. The standard InChI is InChI=1S/C21H24N4O2S.CH4/c1-2-24-11-13-25(14-12-24)21-19-6-4-3-5-17(19)15-20(23-21)16-7-9-18(10-8-16)28(22,26)27;/h3-10,15H,2,11-14H2,1H3,(H2,22,26,27);1H4. The Balaban J connectivity index is 0.00000240. The first-order chi connectivity index (χ1) is 13.5. The van der Waals surface area contributed by atoms with Crippen LogP contribution in [0.3, 0.4) is 0 Å². The third kappa shape index (κ3) is 4.42. The highest BCUT2D eigenvalue weighted by Gasteiger charge is 2.20. The normalized spacial score (nSPS) is 15.3. The molecule has 4 rings (SSSR count). The summed E-state index contributed by atoms with van der Waals surface area (Å²) in [6.07, 6.45) is 0. The zero-order valence-corrected chi connectivity index (χ0v) is 16.7. The number of primary sulfonamides is 1. The second-order valence-corrected chi connectivity index (χ2v) is 8.60. The molecule has 0 radical (unpaired) electrons. The first kappa shape index (κ1) is 21.2. The Bertz CT molecular complexity index is 1090.